The van der Waals surface area contributed by atoms with Crippen LogP contribution in [0, 0.1) is 12.8 Å². The van der Waals surface area contributed by atoms with Crippen molar-refractivity contribution in [3.05, 3.63) is 17.8 Å². The largest absolute Gasteiger partial charge is 0.396 e. The van der Waals surface area contributed by atoms with Gasteiger partial charge in [-0.15, -0.1) is 5.10 Å². The zero-order valence-electron chi connectivity index (χ0n) is 9.06. The molecule has 0 aromatic carbocycles. The minimum Gasteiger partial charge on any atom is -0.396 e. The Hall–Kier alpha value is -1.16. The van der Waals surface area contributed by atoms with E-state index >= 15 is 0 Å². The number of rotatable bonds is 3. The van der Waals surface area contributed by atoms with Gasteiger partial charge in [-0.3, -0.25) is 0 Å². The van der Waals surface area contributed by atoms with E-state index in [1.807, 2.05) is 6.92 Å². The molecule has 82 valence electrons. The summed E-state index contributed by atoms with van der Waals surface area (Å²) in [5, 5.41) is 17.0. The summed E-state index contributed by atoms with van der Waals surface area (Å²) in [7, 11) is 0. The summed E-state index contributed by atoms with van der Waals surface area (Å²) in [4.78, 5) is 2.25. The SMILES string of the molecule is Cc1cnnc(N2CCC(CCO)C2)c1. The van der Waals surface area contributed by atoms with Crippen molar-refractivity contribution in [3.63, 3.8) is 0 Å². The molecule has 0 spiro atoms. The highest BCUT2D eigenvalue weighted by molar-refractivity contribution is 5.40. The predicted octanol–water partition coefficient (Wildman–Crippen LogP) is 0.994. The van der Waals surface area contributed by atoms with Crippen LogP contribution in [0.5, 0.6) is 0 Å². The topological polar surface area (TPSA) is 49.2 Å². The number of aromatic nitrogens is 2. The lowest BCUT2D eigenvalue weighted by atomic mass is 10.1. The van der Waals surface area contributed by atoms with Crippen molar-refractivity contribution in [2.24, 2.45) is 5.92 Å². The van der Waals surface area contributed by atoms with Crippen LogP contribution in [-0.2, 0) is 0 Å². The maximum Gasteiger partial charge on any atom is 0.151 e. The number of hydrogen-bond acceptors (Lipinski definition) is 4. The molecule has 0 bridgehead atoms. The van der Waals surface area contributed by atoms with Crippen molar-refractivity contribution in [2.45, 2.75) is 19.8 Å². The molecule has 0 radical (unpaired) electrons. The number of aliphatic hydroxyl groups excluding tert-OH is 1. The molecule has 2 heterocycles. The summed E-state index contributed by atoms with van der Waals surface area (Å²) in [6.07, 6.45) is 3.82. The maximum absolute atomic E-state index is 8.88. The first-order valence-corrected chi connectivity index (χ1v) is 5.44. The zero-order valence-corrected chi connectivity index (χ0v) is 9.06. The average molecular weight is 207 g/mol. The van der Waals surface area contributed by atoms with Gasteiger partial charge in [-0.2, -0.15) is 5.10 Å². The molecule has 0 aliphatic carbocycles. The van der Waals surface area contributed by atoms with Crippen molar-refractivity contribution in [1.82, 2.24) is 10.2 Å². The molecule has 1 unspecified atom stereocenters. The van der Waals surface area contributed by atoms with Crippen molar-refractivity contribution >= 4 is 5.82 Å². The van der Waals surface area contributed by atoms with Gasteiger partial charge in [0.15, 0.2) is 5.82 Å². The Bertz CT molecular complexity index is 329. The summed E-state index contributed by atoms with van der Waals surface area (Å²) < 4.78 is 0. The minimum absolute atomic E-state index is 0.290. The Morgan fingerprint density at radius 1 is 1.60 bits per heavy atom. The second-order valence-corrected chi connectivity index (χ2v) is 4.20. The number of hydrogen-bond donors (Lipinski definition) is 1. The Morgan fingerprint density at radius 3 is 3.20 bits per heavy atom. The summed E-state index contributed by atoms with van der Waals surface area (Å²) in [6, 6.07) is 2.06. The van der Waals surface area contributed by atoms with E-state index in [0.29, 0.717) is 5.92 Å². The Labute approximate surface area is 89.9 Å². The molecule has 0 saturated carbocycles. The van der Waals surface area contributed by atoms with Gasteiger partial charge in [0, 0.05) is 19.7 Å². The van der Waals surface area contributed by atoms with Crippen molar-refractivity contribution in [3.8, 4) is 0 Å². The van der Waals surface area contributed by atoms with Crippen LogP contribution in [0.25, 0.3) is 0 Å². The van der Waals surface area contributed by atoms with Crippen molar-refractivity contribution < 1.29 is 5.11 Å². The van der Waals surface area contributed by atoms with Crippen LogP contribution < -0.4 is 4.90 Å². The van der Waals surface area contributed by atoms with Gasteiger partial charge in [-0.1, -0.05) is 0 Å². The van der Waals surface area contributed by atoms with Crippen molar-refractivity contribution in [2.75, 3.05) is 24.6 Å². The molecule has 1 saturated heterocycles. The molecule has 1 fully saturated rings. The highest BCUT2D eigenvalue weighted by atomic mass is 16.3. The smallest absolute Gasteiger partial charge is 0.151 e. The molecule has 4 heteroatoms. The van der Waals surface area contributed by atoms with Gasteiger partial charge in [0.2, 0.25) is 0 Å². The fraction of sp³-hybridized carbons (Fsp3) is 0.636. The molecule has 1 aliphatic rings. The molecule has 1 atom stereocenters. The fourth-order valence-electron chi connectivity index (χ4n) is 2.06. The van der Waals surface area contributed by atoms with E-state index in [0.717, 1.165) is 37.3 Å². The minimum atomic E-state index is 0.290. The van der Waals surface area contributed by atoms with E-state index in [1.165, 1.54) is 0 Å². The summed E-state index contributed by atoms with van der Waals surface area (Å²) in [5.74, 6) is 1.58. The van der Waals surface area contributed by atoms with Crippen LogP contribution in [0.1, 0.15) is 18.4 Å². The number of aliphatic hydroxyl groups is 1. The average Bonchev–Trinajstić information content (AvgIpc) is 2.67. The van der Waals surface area contributed by atoms with Crippen LogP contribution in [0.2, 0.25) is 0 Å². The lowest BCUT2D eigenvalue weighted by Gasteiger charge is -2.16. The third-order valence-electron chi connectivity index (χ3n) is 2.93. The third kappa shape index (κ3) is 2.45. The summed E-state index contributed by atoms with van der Waals surface area (Å²) in [6.45, 7) is 4.35. The second-order valence-electron chi connectivity index (χ2n) is 4.20. The van der Waals surface area contributed by atoms with Crippen LogP contribution in [0.15, 0.2) is 12.3 Å². The quantitative estimate of drug-likeness (QED) is 0.803. The van der Waals surface area contributed by atoms with E-state index in [4.69, 9.17) is 5.11 Å². The molecule has 0 amide bonds. The molecule has 1 aromatic rings. The van der Waals surface area contributed by atoms with Gasteiger partial charge in [-0.25, -0.2) is 0 Å². The normalized spacial score (nSPS) is 20.9. The number of anilines is 1. The van der Waals surface area contributed by atoms with E-state index < -0.39 is 0 Å². The molecular formula is C11H17N3O. The summed E-state index contributed by atoms with van der Waals surface area (Å²) >= 11 is 0. The van der Waals surface area contributed by atoms with Crippen LogP contribution >= 0.6 is 0 Å². The first-order chi connectivity index (χ1) is 7.29. The van der Waals surface area contributed by atoms with Gasteiger partial charge < -0.3 is 10.0 Å². The van der Waals surface area contributed by atoms with Crippen molar-refractivity contribution in [1.29, 1.82) is 0 Å². The second kappa shape index (κ2) is 4.57. The van der Waals surface area contributed by atoms with E-state index in [2.05, 4.69) is 21.2 Å². The summed E-state index contributed by atoms with van der Waals surface area (Å²) in [5.41, 5.74) is 1.14. The van der Waals surface area contributed by atoms with Gasteiger partial charge in [0.05, 0.1) is 6.20 Å². The lowest BCUT2D eigenvalue weighted by Crippen LogP contribution is -2.21. The zero-order chi connectivity index (χ0) is 10.7. The first-order valence-electron chi connectivity index (χ1n) is 5.44. The van der Waals surface area contributed by atoms with Crippen LogP contribution in [-0.4, -0.2) is 35.0 Å². The molecule has 1 aliphatic heterocycles. The number of nitrogens with zero attached hydrogens (tertiary/aromatic N) is 3. The monoisotopic (exact) mass is 207 g/mol. The van der Waals surface area contributed by atoms with E-state index in [9.17, 15) is 0 Å². The number of aryl methyl sites for hydroxylation is 1. The van der Waals surface area contributed by atoms with Gasteiger partial charge in [0.25, 0.3) is 0 Å². The molecule has 1 aromatic heterocycles. The standard InChI is InChI=1S/C11H17N3O/c1-9-6-11(13-12-7-9)14-4-2-10(8-14)3-5-15/h6-7,10,15H,2-5,8H2,1H3. The van der Waals surface area contributed by atoms with Gasteiger partial charge >= 0.3 is 0 Å². The maximum atomic E-state index is 8.88. The van der Waals surface area contributed by atoms with Gasteiger partial charge in [-0.05, 0) is 37.3 Å². The molecular weight excluding hydrogens is 190 g/mol. The Morgan fingerprint density at radius 2 is 2.47 bits per heavy atom. The molecule has 15 heavy (non-hydrogen) atoms. The van der Waals surface area contributed by atoms with Crippen LogP contribution in [0.4, 0.5) is 5.82 Å². The Balaban J connectivity index is 2.01. The molecule has 4 nitrogen and oxygen atoms in total. The van der Waals surface area contributed by atoms with E-state index in [-0.39, 0.29) is 6.61 Å². The Kier molecular flexibility index (Phi) is 3.16. The highest BCUT2D eigenvalue weighted by Gasteiger charge is 2.22. The highest BCUT2D eigenvalue weighted by Crippen LogP contribution is 2.23. The van der Waals surface area contributed by atoms with Gasteiger partial charge in [0.1, 0.15) is 0 Å². The fourth-order valence-corrected chi connectivity index (χ4v) is 2.06. The lowest BCUT2D eigenvalue weighted by molar-refractivity contribution is 0.263. The third-order valence-corrected chi connectivity index (χ3v) is 2.93. The molecule has 1 N–H and O–H groups in total. The first kappa shape index (κ1) is 10.4. The predicted molar refractivity (Wildman–Crippen MR) is 58.8 cm³/mol. The van der Waals surface area contributed by atoms with Crippen LogP contribution in [0.3, 0.4) is 0 Å². The van der Waals surface area contributed by atoms with E-state index in [1.54, 1.807) is 6.20 Å². The molecule has 2 rings (SSSR count).